The largest absolute Gasteiger partial charge is 0.493 e. The molecule has 5 heteroatoms. The summed E-state index contributed by atoms with van der Waals surface area (Å²) in [4.78, 5) is 0. The van der Waals surface area contributed by atoms with Crippen molar-refractivity contribution in [3.8, 4) is 17.2 Å². The Hall–Kier alpha value is -1.58. The number of ether oxygens (including phenoxy) is 3. The summed E-state index contributed by atoms with van der Waals surface area (Å²) in [6.45, 7) is 0.369. The minimum atomic E-state index is 0.349. The molecule has 2 aromatic rings. The Bertz CT molecular complexity index is 614. The summed E-state index contributed by atoms with van der Waals surface area (Å²) in [5, 5.41) is 0.550. The molecule has 0 fully saturated rings. The van der Waals surface area contributed by atoms with E-state index in [1.54, 1.807) is 20.3 Å². The van der Waals surface area contributed by atoms with Gasteiger partial charge >= 0.3 is 0 Å². The molecule has 0 radical (unpaired) electrons. The third-order valence-corrected chi connectivity index (χ3v) is 3.61. The van der Waals surface area contributed by atoms with E-state index < -0.39 is 0 Å². The van der Waals surface area contributed by atoms with Crippen molar-refractivity contribution >= 4 is 23.2 Å². The quantitative estimate of drug-likeness (QED) is 0.721. The van der Waals surface area contributed by atoms with Crippen LogP contribution >= 0.6 is 23.2 Å². The number of rotatable bonds is 6. The second-order valence-electron chi connectivity index (χ2n) is 4.34. The van der Waals surface area contributed by atoms with Gasteiger partial charge in [-0.3, -0.25) is 0 Å². The topological polar surface area (TPSA) is 27.7 Å². The fraction of sp³-hybridized carbons (Fsp3) is 0.250. The average molecular weight is 327 g/mol. The van der Waals surface area contributed by atoms with Crippen LogP contribution in [0, 0.1) is 0 Å². The van der Waals surface area contributed by atoms with Crippen LogP contribution in [0.25, 0.3) is 0 Å². The van der Waals surface area contributed by atoms with E-state index >= 15 is 0 Å². The van der Waals surface area contributed by atoms with Crippen molar-refractivity contribution in [2.24, 2.45) is 0 Å². The Morgan fingerprint density at radius 1 is 1.00 bits per heavy atom. The van der Waals surface area contributed by atoms with Crippen LogP contribution in [-0.2, 0) is 12.5 Å². The van der Waals surface area contributed by atoms with E-state index in [1.165, 1.54) is 0 Å². The van der Waals surface area contributed by atoms with Crippen molar-refractivity contribution in [3.63, 3.8) is 0 Å². The molecule has 2 rings (SSSR count). The molecule has 0 aliphatic carbocycles. The number of hydrogen-bond donors (Lipinski definition) is 0. The standard InChI is InChI=1S/C16H16Cl2O3/c1-19-14-7-6-11(8-15(14)20-2)10-21-16-12(9-17)4-3-5-13(16)18/h3-8H,9-10H2,1-2H3. The highest BCUT2D eigenvalue weighted by molar-refractivity contribution is 6.32. The number of hydrogen-bond acceptors (Lipinski definition) is 3. The van der Waals surface area contributed by atoms with Gasteiger partial charge in [-0.1, -0.05) is 29.8 Å². The zero-order valence-electron chi connectivity index (χ0n) is 11.9. The molecule has 21 heavy (non-hydrogen) atoms. The van der Waals surface area contributed by atoms with E-state index in [9.17, 15) is 0 Å². The Balaban J connectivity index is 2.17. The van der Waals surface area contributed by atoms with Gasteiger partial charge in [0.25, 0.3) is 0 Å². The van der Waals surface area contributed by atoms with Crippen molar-refractivity contribution in [3.05, 3.63) is 52.5 Å². The van der Waals surface area contributed by atoms with Crippen molar-refractivity contribution in [2.45, 2.75) is 12.5 Å². The van der Waals surface area contributed by atoms with Gasteiger partial charge in [-0.25, -0.2) is 0 Å². The van der Waals surface area contributed by atoms with Gasteiger partial charge in [-0.05, 0) is 23.8 Å². The molecule has 0 aliphatic rings. The van der Waals surface area contributed by atoms with Gasteiger partial charge < -0.3 is 14.2 Å². The maximum absolute atomic E-state index is 6.15. The van der Waals surface area contributed by atoms with E-state index in [0.29, 0.717) is 34.8 Å². The lowest BCUT2D eigenvalue weighted by molar-refractivity contribution is 0.301. The molecular formula is C16H16Cl2O3. The van der Waals surface area contributed by atoms with Crippen LogP contribution in [0.5, 0.6) is 17.2 Å². The summed E-state index contributed by atoms with van der Waals surface area (Å²) < 4.78 is 16.3. The number of methoxy groups -OCH3 is 2. The second-order valence-corrected chi connectivity index (χ2v) is 5.01. The molecule has 0 N–H and O–H groups in total. The van der Waals surface area contributed by atoms with Crippen LogP contribution in [-0.4, -0.2) is 14.2 Å². The van der Waals surface area contributed by atoms with E-state index in [-0.39, 0.29) is 0 Å². The molecular weight excluding hydrogens is 311 g/mol. The van der Waals surface area contributed by atoms with Crippen LogP contribution in [0.2, 0.25) is 5.02 Å². The molecule has 112 valence electrons. The first-order chi connectivity index (χ1) is 10.2. The summed E-state index contributed by atoms with van der Waals surface area (Å²) in [7, 11) is 3.20. The average Bonchev–Trinajstić information content (AvgIpc) is 2.53. The minimum Gasteiger partial charge on any atom is -0.493 e. The predicted molar refractivity (Wildman–Crippen MR) is 84.9 cm³/mol. The minimum absolute atomic E-state index is 0.349. The molecule has 0 heterocycles. The van der Waals surface area contributed by atoms with E-state index in [1.807, 2.05) is 30.3 Å². The smallest absolute Gasteiger partial charge is 0.161 e. The Labute approximate surface area is 134 Å². The van der Waals surface area contributed by atoms with Gasteiger partial charge in [0, 0.05) is 5.56 Å². The summed E-state index contributed by atoms with van der Waals surface area (Å²) in [5.41, 5.74) is 1.82. The lowest BCUT2D eigenvalue weighted by Gasteiger charge is -2.13. The first-order valence-corrected chi connectivity index (χ1v) is 7.28. The molecule has 0 aliphatic heterocycles. The van der Waals surface area contributed by atoms with Crippen molar-refractivity contribution in [1.82, 2.24) is 0 Å². The lowest BCUT2D eigenvalue weighted by atomic mass is 10.2. The predicted octanol–water partition coefficient (Wildman–Crippen LogP) is 4.68. The van der Waals surface area contributed by atoms with Crippen LogP contribution in [0.15, 0.2) is 36.4 Å². The molecule has 0 aromatic heterocycles. The van der Waals surface area contributed by atoms with Gasteiger partial charge in [0.15, 0.2) is 11.5 Å². The summed E-state index contributed by atoms with van der Waals surface area (Å²) in [6, 6.07) is 11.1. The fourth-order valence-corrected chi connectivity index (χ4v) is 2.41. The van der Waals surface area contributed by atoms with Crippen molar-refractivity contribution < 1.29 is 14.2 Å². The monoisotopic (exact) mass is 326 g/mol. The molecule has 0 bridgehead atoms. The molecule has 0 amide bonds. The highest BCUT2D eigenvalue weighted by atomic mass is 35.5. The molecule has 0 saturated carbocycles. The van der Waals surface area contributed by atoms with E-state index in [0.717, 1.165) is 11.1 Å². The van der Waals surface area contributed by atoms with E-state index in [4.69, 9.17) is 37.4 Å². The van der Waals surface area contributed by atoms with Crippen LogP contribution < -0.4 is 14.2 Å². The zero-order chi connectivity index (χ0) is 15.2. The van der Waals surface area contributed by atoms with Crippen LogP contribution in [0.3, 0.4) is 0 Å². The fourth-order valence-electron chi connectivity index (χ4n) is 1.95. The Morgan fingerprint density at radius 2 is 1.76 bits per heavy atom. The summed E-state index contributed by atoms with van der Waals surface area (Å²) in [6.07, 6.45) is 0. The summed E-state index contributed by atoms with van der Waals surface area (Å²) >= 11 is 12.1. The zero-order valence-corrected chi connectivity index (χ0v) is 13.4. The third-order valence-electron chi connectivity index (χ3n) is 3.02. The Morgan fingerprint density at radius 3 is 2.43 bits per heavy atom. The highest BCUT2D eigenvalue weighted by Crippen LogP contribution is 2.32. The SMILES string of the molecule is COc1ccc(COc2c(Cl)cccc2CCl)cc1OC. The van der Waals surface area contributed by atoms with Crippen molar-refractivity contribution in [1.29, 1.82) is 0 Å². The molecule has 3 nitrogen and oxygen atoms in total. The van der Waals surface area contributed by atoms with Crippen LogP contribution in [0.1, 0.15) is 11.1 Å². The maximum atomic E-state index is 6.15. The number of halogens is 2. The number of benzene rings is 2. The second kappa shape index (κ2) is 7.43. The van der Waals surface area contributed by atoms with Crippen LogP contribution in [0.4, 0.5) is 0 Å². The molecule has 0 unspecified atom stereocenters. The first kappa shape index (κ1) is 15.8. The molecule has 0 spiro atoms. The van der Waals surface area contributed by atoms with Gasteiger partial charge in [0.2, 0.25) is 0 Å². The normalized spacial score (nSPS) is 10.3. The lowest BCUT2D eigenvalue weighted by Crippen LogP contribution is -2.00. The molecule has 2 aromatic carbocycles. The number of alkyl halides is 1. The first-order valence-electron chi connectivity index (χ1n) is 6.36. The third kappa shape index (κ3) is 3.74. The van der Waals surface area contributed by atoms with Crippen molar-refractivity contribution in [2.75, 3.05) is 14.2 Å². The van der Waals surface area contributed by atoms with E-state index in [2.05, 4.69) is 0 Å². The van der Waals surface area contributed by atoms with Gasteiger partial charge in [0.05, 0.1) is 25.1 Å². The Kier molecular flexibility index (Phi) is 5.59. The number of para-hydroxylation sites is 1. The summed E-state index contributed by atoms with van der Waals surface area (Å²) in [5.74, 6) is 2.31. The highest BCUT2D eigenvalue weighted by Gasteiger charge is 2.09. The van der Waals surface area contributed by atoms with Gasteiger partial charge in [-0.15, -0.1) is 11.6 Å². The maximum Gasteiger partial charge on any atom is 0.161 e. The van der Waals surface area contributed by atoms with Gasteiger partial charge in [0.1, 0.15) is 12.4 Å². The molecule has 0 saturated heterocycles. The molecule has 0 atom stereocenters. The van der Waals surface area contributed by atoms with Gasteiger partial charge in [-0.2, -0.15) is 0 Å².